The average molecular weight is 296 g/mol. The van der Waals surface area contributed by atoms with Gasteiger partial charge in [0.2, 0.25) is 0 Å². The number of fused-ring (bicyclic) bond motifs is 1. The van der Waals surface area contributed by atoms with Gasteiger partial charge in [0.15, 0.2) is 5.65 Å². The van der Waals surface area contributed by atoms with Gasteiger partial charge in [-0.3, -0.25) is 4.79 Å². The van der Waals surface area contributed by atoms with E-state index in [1.165, 1.54) is 0 Å². The third-order valence-corrected chi connectivity index (χ3v) is 3.56. The highest BCUT2D eigenvalue weighted by Gasteiger charge is 2.16. The van der Waals surface area contributed by atoms with Crippen LogP contribution in [0, 0.1) is 0 Å². The number of phenols is 1. The van der Waals surface area contributed by atoms with Crippen LogP contribution in [0.25, 0.3) is 11.2 Å². The molecule has 1 amide bonds. The number of aromatic nitrogens is 3. The zero-order valence-electron chi connectivity index (χ0n) is 12.3. The Hall–Kier alpha value is -2.89. The molecule has 0 aliphatic rings. The normalized spacial score (nSPS) is 12.3. The minimum absolute atomic E-state index is 0.176. The first-order chi connectivity index (χ1) is 10.6. The third kappa shape index (κ3) is 2.50. The van der Waals surface area contributed by atoms with E-state index in [4.69, 9.17) is 0 Å². The topological polar surface area (TPSA) is 80.0 Å². The number of rotatable bonds is 3. The van der Waals surface area contributed by atoms with Gasteiger partial charge in [-0.05, 0) is 30.7 Å². The average Bonchev–Trinajstić information content (AvgIpc) is 2.89. The van der Waals surface area contributed by atoms with Crippen LogP contribution in [0.3, 0.4) is 0 Å². The lowest BCUT2D eigenvalue weighted by Gasteiger charge is -2.14. The van der Waals surface area contributed by atoms with Crippen LogP contribution < -0.4 is 5.32 Å². The fraction of sp³-hybridized carbons (Fsp3) is 0.188. The van der Waals surface area contributed by atoms with Gasteiger partial charge in [0.25, 0.3) is 5.91 Å². The van der Waals surface area contributed by atoms with E-state index in [-0.39, 0.29) is 17.7 Å². The summed E-state index contributed by atoms with van der Waals surface area (Å²) in [5, 5.41) is 12.4. The number of aromatic hydroxyl groups is 1. The summed E-state index contributed by atoms with van der Waals surface area (Å²) in [6.07, 6.45) is 3.23. The van der Waals surface area contributed by atoms with Crippen LogP contribution in [0.2, 0.25) is 0 Å². The summed E-state index contributed by atoms with van der Waals surface area (Å²) in [6, 6.07) is 8.25. The van der Waals surface area contributed by atoms with Gasteiger partial charge in [0.1, 0.15) is 11.3 Å². The number of carbonyl (C=O) groups is 1. The van der Waals surface area contributed by atoms with Crippen molar-refractivity contribution in [3.8, 4) is 5.75 Å². The molecule has 22 heavy (non-hydrogen) atoms. The predicted octanol–water partition coefficient (Wildman–Crippen LogP) is 2.16. The van der Waals surface area contributed by atoms with Gasteiger partial charge in [0.05, 0.1) is 17.9 Å². The van der Waals surface area contributed by atoms with Crippen molar-refractivity contribution >= 4 is 17.1 Å². The zero-order chi connectivity index (χ0) is 15.7. The quantitative estimate of drug-likeness (QED) is 0.776. The highest BCUT2D eigenvalue weighted by molar-refractivity contribution is 6.04. The van der Waals surface area contributed by atoms with Crippen LogP contribution in [-0.4, -0.2) is 25.5 Å². The number of pyridine rings is 1. The van der Waals surface area contributed by atoms with Gasteiger partial charge < -0.3 is 15.0 Å². The van der Waals surface area contributed by atoms with Gasteiger partial charge in [-0.15, -0.1) is 0 Å². The Balaban J connectivity index is 1.87. The molecular weight excluding hydrogens is 280 g/mol. The SMILES string of the molecule is C[C@@H](NC(=O)c1ccnc2c1ncn2C)c1cccc(O)c1. The zero-order valence-corrected chi connectivity index (χ0v) is 12.3. The lowest BCUT2D eigenvalue weighted by atomic mass is 10.1. The number of benzene rings is 1. The molecule has 112 valence electrons. The van der Waals surface area contributed by atoms with E-state index in [0.29, 0.717) is 16.7 Å². The maximum atomic E-state index is 12.5. The molecule has 2 heterocycles. The largest absolute Gasteiger partial charge is 0.508 e. The number of hydrogen-bond acceptors (Lipinski definition) is 4. The number of phenolic OH excluding ortho intramolecular Hbond substituents is 1. The summed E-state index contributed by atoms with van der Waals surface area (Å²) >= 11 is 0. The fourth-order valence-corrected chi connectivity index (χ4v) is 2.36. The maximum absolute atomic E-state index is 12.5. The molecule has 3 aromatic rings. The Bertz CT molecular complexity index is 841. The number of nitrogens with one attached hydrogen (secondary N) is 1. The number of nitrogens with zero attached hydrogens (tertiary/aromatic N) is 3. The summed E-state index contributed by atoms with van der Waals surface area (Å²) < 4.78 is 1.77. The molecule has 0 aliphatic carbocycles. The summed E-state index contributed by atoms with van der Waals surface area (Å²) in [5.74, 6) is -0.0448. The Labute approximate surface area is 127 Å². The molecule has 0 spiro atoms. The van der Waals surface area contributed by atoms with Gasteiger partial charge in [-0.2, -0.15) is 0 Å². The Kier molecular flexibility index (Phi) is 3.50. The molecule has 6 heteroatoms. The molecule has 6 nitrogen and oxygen atoms in total. The second-order valence-electron chi connectivity index (χ2n) is 5.18. The van der Waals surface area contributed by atoms with Gasteiger partial charge in [0, 0.05) is 13.2 Å². The molecule has 1 aromatic carbocycles. The van der Waals surface area contributed by atoms with Crippen LogP contribution in [0.1, 0.15) is 28.9 Å². The highest BCUT2D eigenvalue weighted by Crippen LogP contribution is 2.19. The summed E-state index contributed by atoms with van der Waals surface area (Å²) in [6.45, 7) is 1.86. The van der Waals surface area contributed by atoms with E-state index < -0.39 is 0 Å². The number of aryl methyl sites for hydroxylation is 1. The molecule has 0 fully saturated rings. The smallest absolute Gasteiger partial charge is 0.254 e. The number of carbonyl (C=O) groups excluding carboxylic acids is 1. The van der Waals surface area contributed by atoms with E-state index >= 15 is 0 Å². The molecule has 0 bridgehead atoms. The van der Waals surface area contributed by atoms with Gasteiger partial charge >= 0.3 is 0 Å². The number of amides is 1. The summed E-state index contributed by atoms with van der Waals surface area (Å²) in [5.41, 5.74) is 2.56. The van der Waals surface area contributed by atoms with E-state index in [1.807, 2.05) is 20.0 Å². The monoisotopic (exact) mass is 296 g/mol. The molecule has 2 aromatic heterocycles. The molecule has 0 radical (unpaired) electrons. The van der Waals surface area contributed by atoms with Crippen molar-refractivity contribution in [1.29, 1.82) is 0 Å². The van der Waals surface area contributed by atoms with Crippen LogP contribution in [0.4, 0.5) is 0 Å². The standard InChI is InChI=1S/C16H16N4O2/c1-10(11-4-3-5-12(21)8-11)19-16(22)13-6-7-17-15-14(13)18-9-20(15)2/h3-10,21H,1-2H3,(H,19,22)/t10-/m1/s1. The summed E-state index contributed by atoms with van der Waals surface area (Å²) in [4.78, 5) is 20.9. The van der Waals surface area contributed by atoms with E-state index in [0.717, 1.165) is 5.56 Å². The third-order valence-electron chi connectivity index (χ3n) is 3.56. The second kappa shape index (κ2) is 5.48. The number of hydrogen-bond donors (Lipinski definition) is 2. The van der Waals surface area contributed by atoms with Crippen LogP contribution in [0.5, 0.6) is 5.75 Å². The van der Waals surface area contributed by atoms with Gasteiger partial charge in [-0.25, -0.2) is 9.97 Å². The lowest BCUT2D eigenvalue weighted by molar-refractivity contribution is 0.0941. The van der Waals surface area contributed by atoms with Crippen molar-refractivity contribution in [2.75, 3.05) is 0 Å². The van der Waals surface area contributed by atoms with E-state index in [1.54, 1.807) is 41.4 Å². The molecule has 0 saturated heterocycles. The molecule has 0 unspecified atom stereocenters. The number of imidazole rings is 1. The lowest BCUT2D eigenvalue weighted by Crippen LogP contribution is -2.26. The Morgan fingerprint density at radius 1 is 1.32 bits per heavy atom. The second-order valence-corrected chi connectivity index (χ2v) is 5.18. The van der Waals surface area contributed by atoms with Crippen molar-refractivity contribution in [2.24, 2.45) is 7.05 Å². The van der Waals surface area contributed by atoms with Crippen molar-refractivity contribution < 1.29 is 9.90 Å². The van der Waals surface area contributed by atoms with Crippen molar-refractivity contribution in [3.63, 3.8) is 0 Å². The molecule has 1 atom stereocenters. The molecule has 0 aliphatic heterocycles. The first kappa shape index (κ1) is 14.1. The van der Waals surface area contributed by atoms with Crippen molar-refractivity contribution in [2.45, 2.75) is 13.0 Å². The summed E-state index contributed by atoms with van der Waals surface area (Å²) in [7, 11) is 1.83. The van der Waals surface area contributed by atoms with Crippen LogP contribution in [-0.2, 0) is 7.05 Å². The first-order valence-corrected chi connectivity index (χ1v) is 6.92. The van der Waals surface area contributed by atoms with E-state index in [9.17, 15) is 9.90 Å². The minimum Gasteiger partial charge on any atom is -0.508 e. The predicted molar refractivity (Wildman–Crippen MR) is 82.5 cm³/mol. The van der Waals surface area contributed by atoms with E-state index in [2.05, 4.69) is 15.3 Å². The first-order valence-electron chi connectivity index (χ1n) is 6.92. The van der Waals surface area contributed by atoms with Crippen LogP contribution >= 0.6 is 0 Å². The Morgan fingerprint density at radius 3 is 2.91 bits per heavy atom. The highest BCUT2D eigenvalue weighted by atomic mass is 16.3. The molecule has 3 rings (SSSR count). The maximum Gasteiger partial charge on any atom is 0.254 e. The van der Waals surface area contributed by atoms with Crippen LogP contribution in [0.15, 0.2) is 42.9 Å². The Morgan fingerprint density at radius 2 is 2.14 bits per heavy atom. The molecule has 0 saturated carbocycles. The van der Waals surface area contributed by atoms with Gasteiger partial charge in [-0.1, -0.05) is 12.1 Å². The minimum atomic E-state index is -0.230. The van der Waals surface area contributed by atoms with Crippen molar-refractivity contribution in [1.82, 2.24) is 19.9 Å². The molecular formula is C16H16N4O2. The fourth-order valence-electron chi connectivity index (χ4n) is 2.36. The van der Waals surface area contributed by atoms with Crippen molar-refractivity contribution in [3.05, 3.63) is 54.0 Å². The molecule has 2 N–H and O–H groups in total.